The number of anilines is 2. The van der Waals surface area contributed by atoms with Gasteiger partial charge in [0.05, 0.1) is 0 Å². The number of nitrogens with one attached hydrogen (secondary N) is 4. The molecule has 1 aliphatic heterocycles. The highest BCUT2D eigenvalue weighted by molar-refractivity contribution is 6.06. The molecule has 10 nitrogen and oxygen atoms in total. The van der Waals surface area contributed by atoms with Crippen LogP contribution in [-0.4, -0.2) is 35.4 Å². The molecule has 196 valence electrons. The number of Topliss-reactive ketones (excluding diaryl/α,β-unsaturated/α-hetero) is 1. The summed E-state index contributed by atoms with van der Waals surface area (Å²) in [7, 11) is 0. The zero-order valence-corrected chi connectivity index (χ0v) is 21.8. The van der Waals surface area contributed by atoms with E-state index >= 15 is 0 Å². The lowest BCUT2D eigenvalue weighted by molar-refractivity contribution is 0.0969. The van der Waals surface area contributed by atoms with E-state index in [-0.39, 0.29) is 29.7 Å². The van der Waals surface area contributed by atoms with Crippen LogP contribution in [0.15, 0.2) is 84.0 Å². The Bertz CT molecular complexity index is 1350. The minimum Gasteiger partial charge on any atom is -0.307 e. The van der Waals surface area contributed by atoms with E-state index in [4.69, 9.17) is 0 Å². The number of urea groups is 1. The van der Waals surface area contributed by atoms with Crippen molar-refractivity contribution in [2.75, 3.05) is 16.9 Å². The third kappa shape index (κ3) is 6.34. The molecule has 0 aromatic heterocycles. The predicted octanol–water partition coefficient (Wildman–Crippen LogP) is 4.21. The number of hydrogen-bond acceptors (Lipinski definition) is 7. The van der Waals surface area contributed by atoms with Gasteiger partial charge in [-0.25, -0.2) is 15.3 Å². The highest BCUT2D eigenvalue weighted by Gasteiger charge is 2.26. The Morgan fingerprint density at radius 1 is 0.895 bits per heavy atom. The summed E-state index contributed by atoms with van der Waals surface area (Å²) < 4.78 is 0. The van der Waals surface area contributed by atoms with Crippen LogP contribution < -0.4 is 26.6 Å². The molecule has 0 unspecified atom stereocenters. The Hall–Kier alpha value is -4.70. The van der Waals surface area contributed by atoms with E-state index in [9.17, 15) is 14.4 Å². The van der Waals surface area contributed by atoms with Crippen molar-refractivity contribution in [2.24, 2.45) is 5.10 Å². The molecule has 3 aromatic rings. The van der Waals surface area contributed by atoms with Crippen LogP contribution in [0.25, 0.3) is 0 Å². The van der Waals surface area contributed by atoms with Gasteiger partial charge in [-0.3, -0.25) is 19.8 Å². The highest BCUT2D eigenvalue weighted by atomic mass is 16.2. The Morgan fingerprint density at radius 3 is 2.24 bits per heavy atom. The van der Waals surface area contributed by atoms with E-state index < -0.39 is 6.03 Å². The lowest BCUT2D eigenvalue weighted by Gasteiger charge is -2.29. The molecule has 4 rings (SSSR count). The molecule has 0 radical (unpaired) electrons. The summed E-state index contributed by atoms with van der Waals surface area (Å²) in [5.41, 5.74) is 8.61. The molecule has 3 aromatic carbocycles. The van der Waals surface area contributed by atoms with Gasteiger partial charge in [-0.15, -0.1) is 10.6 Å². The summed E-state index contributed by atoms with van der Waals surface area (Å²) >= 11 is 0. The highest BCUT2D eigenvalue weighted by Crippen LogP contribution is 2.26. The van der Waals surface area contributed by atoms with Crippen LogP contribution in [0.5, 0.6) is 0 Å². The maximum atomic E-state index is 13.5. The smallest absolute Gasteiger partial charge is 0.307 e. The van der Waals surface area contributed by atoms with Crippen molar-refractivity contribution in [3.63, 3.8) is 0 Å². The van der Waals surface area contributed by atoms with E-state index in [2.05, 4.69) is 47.6 Å². The summed E-state index contributed by atoms with van der Waals surface area (Å²) in [6.45, 7) is 7.82. The van der Waals surface area contributed by atoms with Crippen LogP contribution in [-0.2, 0) is 5.41 Å². The molecule has 10 heteroatoms. The first-order valence-corrected chi connectivity index (χ1v) is 12.1. The number of rotatable bonds is 6. The van der Waals surface area contributed by atoms with Crippen molar-refractivity contribution in [2.45, 2.75) is 33.1 Å². The van der Waals surface area contributed by atoms with Crippen LogP contribution in [0, 0.1) is 0 Å². The second-order valence-corrected chi connectivity index (χ2v) is 9.84. The van der Waals surface area contributed by atoms with Crippen molar-refractivity contribution in [3.05, 3.63) is 95.6 Å². The minimum atomic E-state index is -0.434. The standard InChI is InChI=1S/C28H31N7O3/c1-19(36)21-11-8-12-23(17-21)29-27(38)34(24-15-13-22(14-16-24)28(2,3)4)18-35-26(31-32-33-35)30-25(37)20-9-6-5-7-10-20/h5-17,32-33H,18H2,1-4H3,(H,29,38)(H,30,31,37). The third-order valence-corrected chi connectivity index (χ3v) is 5.96. The van der Waals surface area contributed by atoms with Gasteiger partial charge in [-0.2, -0.15) is 0 Å². The molecule has 0 atom stereocenters. The number of hydrogen-bond donors (Lipinski definition) is 4. The second-order valence-electron chi connectivity index (χ2n) is 9.84. The Kier molecular flexibility index (Phi) is 7.73. The normalized spacial score (nSPS) is 12.8. The summed E-state index contributed by atoms with van der Waals surface area (Å²) in [6, 6.07) is 22.8. The van der Waals surface area contributed by atoms with E-state index in [1.807, 2.05) is 30.3 Å². The molecule has 4 N–H and O–H groups in total. The monoisotopic (exact) mass is 513 g/mol. The molecule has 0 bridgehead atoms. The fraction of sp³-hybridized carbons (Fsp3) is 0.214. The molecule has 1 aliphatic rings. The lowest BCUT2D eigenvalue weighted by Crippen LogP contribution is -2.54. The number of amides is 3. The minimum absolute atomic E-state index is 0.00595. The van der Waals surface area contributed by atoms with Gasteiger partial charge in [0, 0.05) is 22.5 Å². The molecular formula is C28H31N7O3. The Labute approximate surface area is 221 Å². The van der Waals surface area contributed by atoms with E-state index in [1.54, 1.807) is 48.5 Å². The van der Waals surface area contributed by atoms with Crippen LogP contribution in [0.2, 0.25) is 0 Å². The summed E-state index contributed by atoms with van der Waals surface area (Å²) in [4.78, 5) is 39.6. The number of carbonyl (C=O) groups excluding carboxylic acids is 3. The molecule has 0 spiro atoms. The number of carbonyl (C=O) groups is 3. The van der Waals surface area contributed by atoms with Crippen LogP contribution >= 0.6 is 0 Å². The van der Waals surface area contributed by atoms with Gasteiger partial charge in [0.1, 0.15) is 6.67 Å². The van der Waals surface area contributed by atoms with Crippen molar-refractivity contribution < 1.29 is 14.4 Å². The molecule has 38 heavy (non-hydrogen) atoms. The SMILES string of the molecule is CC(=O)c1cccc(NC(=O)N(CN2NNN=C2NC(=O)c2ccccc2)c2ccc(C(C)(C)C)cc2)c1. The van der Waals surface area contributed by atoms with E-state index in [1.165, 1.54) is 16.8 Å². The van der Waals surface area contributed by atoms with Crippen molar-refractivity contribution in [1.82, 2.24) is 21.4 Å². The molecule has 0 saturated carbocycles. The zero-order chi connectivity index (χ0) is 27.3. The average molecular weight is 514 g/mol. The second kappa shape index (κ2) is 11.1. The van der Waals surface area contributed by atoms with Crippen molar-refractivity contribution >= 4 is 35.1 Å². The van der Waals surface area contributed by atoms with Gasteiger partial charge in [-0.05, 0) is 54.3 Å². The van der Waals surface area contributed by atoms with Crippen LogP contribution in [0.1, 0.15) is 54.0 Å². The molecule has 0 aliphatic carbocycles. The van der Waals surface area contributed by atoms with Crippen molar-refractivity contribution in [1.29, 1.82) is 0 Å². The largest absolute Gasteiger partial charge is 0.327 e. The Morgan fingerprint density at radius 2 is 1.58 bits per heavy atom. The van der Waals surface area contributed by atoms with E-state index in [0.29, 0.717) is 22.5 Å². The summed E-state index contributed by atoms with van der Waals surface area (Å²) in [5, 5.41) is 11.2. The number of nitrogens with zero attached hydrogens (tertiary/aromatic N) is 3. The molecule has 0 fully saturated rings. The van der Waals surface area contributed by atoms with Crippen LogP contribution in [0.4, 0.5) is 16.2 Å². The van der Waals surface area contributed by atoms with Gasteiger partial charge in [0.2, 0.25) is 5.96 Å². The maximum Gasteiger partial charge on any atom is 0.327 e. The number of ketones is 1. The lowest BCUT2D eigenvalue weighted by atomic mass is 9.87. The molecule has 0 saturated heterocycles. The number of hydrazine groups is 2. The Balaban J connectivity index is 1.58. The number of guanidine groups is 1. The maximum absolute atomic E-state index is 13.5. The number of hydrazone groups is 1. The quantitative estimate of drug-likeness (QED) is 0.367. The van der Waals surface area contributed by atoms with Gasteiger partial charge in [0.25, 0.3) is 5.91 Å². The van der Waals surface area contributed by atoms with Crippen molar-refractivity contribution in [3.8, 4) is 0 Å². The van der Waals surface area contributed by atoms with E-state index in [0.717, 1.165) is 5.56 Å². The van der Waals surface area contributed by atoms with Gasteiger partial charge >= 0.3 is 6.03 Å². The fourth-order valence-corrected chi connectivity index (χ4v) is 3.77. The summed E-state index contributed by atoms with van der Waals surface area (Å²) in [5.74, 6) is -0.244. The first-order valence-electron chi connectivity index (χ1n) is 12.1. The molecule has 3 amide bonds. The molecular weight excluding hydrogens is 482 g/mol. The van der Waals surface area contributed by atoms with Gasteiger partial charge < -0.3 is 5.32 Å². The van der Waals surface area contributed by atoms with Crippen LogP contribution in [0.3, 0.4) is 0 Å². The predicted molar refractivity (Wildman–Crippen MR) is 147 cm³/mol. The zero-order valence-electron chi connectivity index (χ0n) is 21.8. The fourth-order valence-electron chi connectivity index (χ4n) is 3.77. The molecule has 1 heterocycles. The average Bonchev–Trinajstić information content (AvgIpc) is 3.33. The third-order valence-electron chi connectivity index (χ3n) is 5.96. The topological polar surface area (TPSA) is 118 Å². The number of benzene rings is 3. The first-order chi connectivity index (χ1) is 18.1. The van der Waals surface area contributed by atoms with Gasteiger partial charge in [0.15, 0.2) is 5.78 Å². The van der Waals surface area contributed by atoms with Gasteiger partial charge in [-0.1, -0.05) is 63.2 Å². The summed E-state index contributed by atoms with van der Waals surface area (Å²) in [6.07, 6.45) is 0. The first kappa shape index (κ1) is 26.4.